The lowest BCUT2D eigenvalue weighted by Gasteiger charge is -2.20. The maximum atomic E-state index is 5.66. The summed E-state index contributed by atoms with van der Waals surface area (Å²) < 4.78 is 0.940. The Hall–Kier alpha value is -0.740. The zero-order valence-corrected chi connectivity index (χ0v) is 13.3. The highest BCUT2D eigenvalue weighted by atomic mass is 32.1. The average molecular weight is 304 g/mol. The molecule has 2 aromatic rings. The van der Waals surface area contributed by atoms with Crippen molar-refractivity contribution in [3.05, 3.63) is 20.9 Å². The third-order valence-corrected chi connectivity index (χ3v) is 6.33. The van der Waals surface area contributed by atoms with Gasteiger partial charge in [-0.1, -0.05) is 31.5 Å². The maximum Gasteiger partial charge on any atom is 0.128 e. The predicted molar refractivity (Wildman–Crippen MR) is 87.3 cm³/mol. The first-order valence-electron chi connectivity index (χ1n) is 7.87. The Kier molecular flexibility index (Phi) is 3.39. The van der Waals surface area contributed by atoms with E-state index in [-0.39, 0.29) is 0 Å². The van der Waals surface area contributed by atoms with E-state index in [2.05, 4.69) is 4.98 Å². The number of aromatic amines is 1. The molecule has 4 heteroatoms. The third-order valence-electron chi connectivity index (χ3n) is 4.84. The second-order valence-electron chi connectivity index (χ2n) is 6.18. The van der Waals surface area contributed by atoms with Crippen molar-refractivity contribution in [1.82, 2.24) is 9.97 Å². The van der Waals surface area contributed by atoms with Gasteiger partial charge >= 0.3 is 0 Å². The molecule has 2 nitrogen and oxygen atoms in total. The van der Waals surface area contributed by atoms with E-state index in [9.17, 15) is 0 Å². The number of fused-ring (bicyclic) bond motifs is 3. The highest BCUT2D eigenvalue weighted by Gasteiger charge is 2.22. The van der Waals surface area contributed by atoms with Crippen LogP contribution in [0.15, 0.2) is 0 Å². The Bertz CT molecular complexity index is 692. The molecule has 0 aromatic carbocycles. The van der Waals surface area contributed by atoms with Gasteiger partial charge in [-0.15, -0.1) is 11.3 Å². The van der Waals surface area contributed by atoms with Crippen molar-refractivity contribution in [2.24, 2.45) is 0 Å². The van der Waals surface area contributed by atoms with Crippen LogP contribution < -0.4 is 0 Å². The number of nitrogens with one attached hydrogen (secondary N) is 1. The molecule has 2 aliphatic rings. The summed E-state index contributed by atoms with van der Waals surface area (Å²) in [7, 11) is 0. The van der Waals surface area contributed by atoms with E-state index in [1.165, 1.54) is 73.6 Å². The molecule has 4 rings (SSSR count). The smallest absolute Gasteiger partial charge is 0.128 e. The summed E-state index contributed by atoms with van der Waals surface area (Å²) in [5, 5.41) is 1.26. The van der Waals surface area contributed by atoms with Crippen LogP contribution in [0.25, 0.3) is 10.2 Å². The summed E-state index contributed by atoms with van der Waals surface area (Å²) in [6.07, 6.45) is 11.7. The maximum absolute atomic E-state index is 5.66. The van der Waals surface area contributed by atoms with Crippen LogP contribution in [0.5, 0.6) is 0 Å². The van der Waals surface area contributed by atoms with Crippen LogP contribution in [-0.2, 0) is 12.8 Å². The van der Waals surface area contributed by atoms with Gasteiger partial charge < -0.3 is 4.98 Å². The van der Waals surface area contributed by atoms with Crippen molar-refractivity contribution in [1.29, 1.82) is 0 Å². The number of thiophene rings is 1. The van der Waals surface area contributed by atoms with E-state index in [0.717, 1.165) is 10.5 Å². The summed E-state index contributed by atoms with van der Waals surface area (Å²) >= 11 is 7.56. The van der Waals surface area contributed by atoms with Crippen molar-refractivity contribution >= 4 is 33.8 Å². The number of aryl methyl sites for hydroxylation is 2. The van der Waals surface area contributed by atoms with Crippen LogP contribution in [-0.4, -0.2) is 9.97 Å². The van der Waals surface area contributed by atoms with Gasteiger partial charge in [0.15, 0.2) is 0 Å². The molecule has 2 aliphatic carbocycles. The van der Waals surface area contributed by atoms with Crippen molar-refractivity contribution in [3.63, 3.8) is 0 Å². The Morgan fingerprint density at radius 3 is 2.70 bits per heavy atom. The zero-order chi connectivity index (χ0) is 13.5. The van der Waals surface area contributed by atoms with Gasteiger partial charge in [0.25, 0.3) is 0 Å². The predicted octanol–water partition coefficient (Wildman–Crippen LogP) is 5.28. The molecule has 0 bridgehead atoms. The van der Waals surface area contributed by atoms with Gasteiger partial charge in [0.1, 0.15) is 15.3 Å². The van der Waals surface area contributed by atoms with Gasteiger partial charge in [-0.2, -0.15) is 0 Å². The number of hydrogen-bond donors (Lipinski definition) is 1. The first-order valence-corrected chi connectivity index (χ1v) is 9.10. The number of aromatic nitrogens is 2. The zero-order valence-electron chi connectivity index (χ0n) is 11.7. The Balaban J connectivity index is 1.83. The van der Waals surface area contributed by atoms with Crippen LogP contribution in [0.4, 0.5) is 0 Å². The standard InChI is InChI=1S/C16H20N2S2/c19-15-13-11-8-4-5-9-12(11)20-16(13)18-14(17-15)10-6-2-1-3-7-10/h10H,1-9H2,(H,17,18,19). The van der Waals surface area contributed by atoms with Crippen LogP contribution in [0, 0.1) is 4.64 Å². The molecular weight excluding hydrogens is 284 g/mol. The van der Waals surface area contributed by atoms with E-state index >= 15 is 0 Å². The van der Waals surface area contributed by atoms with Crippen molar-refractivity contribution in [2.45, 2.75) is 63.7 Å². The van der Waals surface area contributed by atoms with Gasteiger partial charge in [-0.3, -0.25) is 0 Å². The fourth-order valence-corrected chi connectivity index (χ4v) is 5.42. The van der Waals surface area contributed by atoms with Gasteiger partial charge in [-0.05, 0) is 44.1 Å². The lowest BCUT2D eigenvalue weighted by molar-refractivity contribution is 0.429. The summed E-state index contributed by atoms with van der Waals surface area (Å²) in [6.45, 7) is 0. The summed E-state index contributed by atoms with van der Waals surface area (Å²) in [5.41, 5.74) is 1.50. The normalized spacial score (nSPS) is 20.2. The van der Waals surface area contributed by atoms with E-state index in [0.29, 0.717) is 5.92 Å². The Morgan fingerprint density at radius 1 is 1.05 bits per heavy atom. The molecule has 1 saturated carbocycles. The molecule has 1 fully saturated rings. The van der Waals surface area contributed by atoms with Gasteiger partial charge in [-0.25, -0.2) is 4.98 Å². The highest BCUT2D eigenvalue weighted by molar-refractivity contribution is 7.71. The Morgan fingerprint density at radius 2 is 1.85 bits per heavy atom. The molecule has 0 amide bonds. The van der Waals surface area contributed by atoms with Crippen molar-refractivity contribution in [2.75, 3.05) is 0 Å². The molecule has 0 radical (unpaired) electrons. The van der Waals surface area contributed by atoms with Crippen LogP contribution >= 0.6 is 23.6 Å². The minimum absolute atomic E-state index is 0.606. The van der Waals surface area contributed by atoms with Gasteiger partial charge in [0.2, 0.25) is 0 Å². The number of rotatable bonds is 1. The van der Waals surface area contributed by atoms with E-state index in [1.807, 2.05) is 11.3 Å². The quantitative estimate of drug-likeness (QED) is 0.726. The van der Waals surface area contributed by atoms with Crippen molar-refractivity contribution < 1.29 is 0 Å². The first kappa shape index (κ1) is 13.0. The molecule has 0 aliphatic heterocycles. The third kappa shape index (κ3) is 2.13. The Labute approximate surface area is 128 Å². The van der Waals surface area contributed by atoms with E-state index in [1.54, 1.807) is 4.88 Å². The molecule has 1 N–H and O–H groups in total. The number of hydrogen-bond acceptors (Lipinski definition) is 3. The van der Waals surface area contributed by atoms with Crippen LogP contribution in [0.2, 0.25) is 0 Å². The number of H-pyrrole nitrogens is 1. The van der Waals surface area contributed by atoms with Gasteiger partial charge in [0.05, 0.1) is 0 Å². The minimum Gasteiger partial charge on any atom is -0.334 e. The van der Waals surface area contributed by atoms with Crippen LogP contribution in [0.1, 0.15) is 67.1 Å². The molecule has 0 unspecified atom stereocenters. The molecule has 106 valence electrons. The first-order chi connectivity index (χ1) is 9.83. The summed E-state index contributed by atoms with van der Waals surface area (Å²) in [6, 6.07) is 0. The highest BCUT2D eigenvalue weighted by Crippen LogP contribution is 2.37. The van der Waals surface area contributed by atoms with E-state index < -0.39 is 0 Å². The molecule has 0 spiro atoms. The molecule has 20 heavy (non-hydrogen) atoms. The molecule has 2 aromatic heterocycles. The number of nitrogens with zero attached hydrogens (tertiary/aromatic N) is 1. The monoisotopic (exact) mass is 304 g/mol. The minimum atomic E-state index is 0.606. The second-order valence-corrected chi connectivity index (χ2v) is 7.67. The van der Waals surface area contributed by atoms with Crippen molar-refractivity contribution in [3.8, 4) is 0 Å². The molecule has 0 saturated heterocycles. The average Bonchev–Trinajstić information content (AvgIpc) is 2.87. The van der Waals surface area contributed by atoms with E-state index in [4.69, 9.17) is 17.2 Å². The summed E-state index contributed by atoms with van der Waals surface area (Å²) in [4.78, 5) is 11.2. The molecule has 2 heterocycles. The second kappa shape index (κ2) is 5.23. The topological polar surface area (TPSA) is 28.7 Å². The fourth-order valence-electron chi connectivity index (χ4n) is 3.75. The molecular formula is C16H20N2S2. The summed E-state index contributed by atoms with van der Waals surface area (Å²) in [5.74, 6) is 1.76. The lowest BCUT2D eigenvalue weighted by atomic mass is 9.88. The van der Waals surface area contributed by atoms with Gasteiger partial charge in [0, 0.05) is 16.2 Å². The molecule has 0 atom stereocenters. The largest absolute Gasteiger partial charge is 0.334 e. The fraction of sp³-hybridized carbons (Fsp3) is 0.625. The lowest BCUT2D eigenvalue weighted by Crippen LogP contribution is -2.09. The SMILES string of the molecule is S=c1[nH]c(C2CCCCC2)nc2sc3c(c12)CCCC3. The van der Waals surface area contributed by atoms with Crippen LogP contribution in [0.3, 0.4) is 0 Å².